The van der Waals surface area contributed by atoms with Gasteiger partial charge in [-0.25, -0.2) is 0 Å². The van der Waals surface area contributed by atoms with E-state index in [1.807, 2.05) is 42.5 Å². The van der Waals surface area contributed by atoms with Gasteiger partial charge in [0.2, 0.25) is 0 Å². The van der Waals surface area contributed by atoms with Gasteiger partial charge in [-0.3, -0.25) is 0 Å². The highest BCUT2D eigenvalue weighted by molar-refractivity contribution is 6.30. The summed E-state index contributed by atoms with van der Waals surface area (Å²) in [6.45, 7) is 0.105. The number of rotatable bonds is 3. The van der Waals surface area contributed by atoms with Gasteiger partial charge < -0.3 is 10.8 Å². The van der Waals surface area contributed by atoms with Crippen LogP contribution in [0.1, 0.15) is 5.56 Å². The summed E-state index contributed by atoms with van der Waals surface area (Å²) in [4.78, 5) is 0. The second-order valence-corrected chi connectivity index (χ2v) is 4.30. The van der Waals surface area contributed by atoms with Crippen molar-refractivity contribution in [2.75, 3.05) is 12.3 Å². The molecule has 2 aromatic carbocycles. The molecule has 3 heteroatoms. The fourth-order valence-corrected chi connectivity index (χ4v) is 1.96. The molecule has 0 fully saturated rings. The molecule has 0 unspecified atom stereocenters. The minimum Gasteiger partial charge on any atom is -0.398 e. The number of aliphatic hydroxyl groups is 1. The average molecular weight is 248 g/mol. The van der Waals surface area contributed by atoms with Crippen molar-refractivity contribution >= 4 is 17.3 Å². The summed E-state index contributed by atoms with van der Waals surface area (Å²) in [5.74, 6) is 0. The minimum atomic E-state index is 0.105. The predicted octanol–water partition coefficient (Wildman–Crippen LogP) is 3.12. The van der Waals surface area contributed by atoms with Crippen LogP contribution in [0.15, 0.2) is 42.5 Å². The summed E-state index contributed by atoms with van der Waals surface area (Å²) >= 11 is 5.86. The highest BCUT2D eigenvalue weighted by atomic mass is 35.5. The topological polar surface area (TPSA) is 46.2 Å². The lowest BCUT2D eigenvalue weighted by Gasteiger charge is -2.10. The summed E-state index contributed by atoms with van der Waals surface area (Å²) < 4.78 is 0. The van der Waals surface area contributed by atoms with Crippen molar-refractivity contribution in [1.82, 2.24) is 0 Å². The van der Waals surface area contributed by atoms with E-state index in [0.29, 0.717) is 11.4 Å². The first-order valence-corrected chi connectivity index (χ1v) is 5.84. The molecule has 0 heterocycles. The van der Waals surface area contributed by atoms with Gasteiger partial charge in [0.05, 0.1) is 0 Å². The standard InChI is InChI=1S/C14H14ClNO/c15-12-6-4-10(5-7-12)13-3-1-2-11(8-9-17)14(13)16/h1-7,17H,8-9,16H2. The molecule has 0 amide bonds. The van der Waals surface area contributed by atoms with Gasteiger partial charge in [0.25, 0.3) is 0 Å². The first-order chi connectivity index (χ1) is 8.22. The number of nitrogens with two attached hydrogens (primary N) is 1. The summed E-state index contributed by atoms with van der Waals surface area (Å²) in [5, 5.41) is 9.68. The monoisotopic (exact) mass is 247 g/mol. The molecule has 3 N–H and O–H groups in total. The maximum absolute atomic E-state index is 8.97. The van der Waals surface area contributed by atoms with Gasteiger partial charge in [0, 0.05) is 22.9 Å². The van der Waals surface area contributed by atoms with E-state index in [1.165, 1.54) is 0 Å². The average Bonchev–Trinajstić information content (AvgIpc) is 2.34. The van der Waals surface area contributed by atoms with E-state index in [0.717, 1.165) is 22.4 Å². The fourth-order valence-electron chi connectivity index (χ4n) is 1.83. The Morgan fingerprint density at radius 1 is 1.06 bits per heavy atom. The van der Waals surface area contributed by atoms with Crippen LogP contribution in [-0.2, 0) is 6.42 Å². The number of hydrogen-bond acceptors (Lipinski definition) is 2. The third-order valence-electron chi connectivity index (χ3n) is 2.73. The molecule has 17 heavy (non-hydrogen) atoms. The molecule has 0 atom stereocenters. The number of para-hydroxylation sites is 1. The number of nitrogen functional groups attached to an aromatic ring is 1. The van der Waals surface area contributed by atoms with Gasteiger partial charge in [0.15, 0.2) is 0 Å². The normalized spacial score (nSPS) is 10.5. The molecule has 2 nitrogen and oxygen atoms in total. The van der Waals surface area contributed by atoms with E-state index in [9.17, 15) is 0 Å². The summed E-state index contributed by atoms with van der Waals surface area (Å²) in [5.41, 5.74) is 9.81. The zero-order valence-electron chi connectivity index (χ0n) is 9.36. The lowest BCUT2D eigenvalue weighted by Crippen LogP contribution is -1.99. The third kappa shape index (κ3) is 2.60. The largest absolute Gasteiger partial charge is 0.398 e. The minimum absolute atomic E-state index is 0.105. The second-order valence-electron chi connectivity index (χ2n) is 3.86. The lowest BCUT2D eigenvalue weighted by atomic mass is 9.99. The molecule has 88 valence electrons. The Bertz CT molecular complexity index is 508. The molecular weight excluding hydrogens is 234 g/mol. The number of anilines is 1. The molecular formula is C14H14ClNO. The molecule has 0 aliphatic rings. The van der Waals surface area contributed by atoms with E-state index in [-0.39, 0.29) is 6.61 Å². The van der Waals surface area contributed by atoms with Crippen molar-refractivity contribution in [1.29, 1.82) is 0 Å². The van der Waals surface area contributed by atoms with E-state index in [2.05, 4.69) is 0 Å². The fraction of sp³-hybridized carbons (Fsp3) is 0.143. The van der Waals surface area contributed by atoms with Crippen LogP contribution in [0.4, 0.5) is 5.69 Å². The van der Waals surface area contributed by atoms with E-state index in [4.69, 9.17) is 22.4 Å². The summed E-state index contributed by atoms with van der Waals surface area (Å²) in [6.07, 6.45) is 0.577. The maximum Gasteiger partial charge on any atom is 0.0472 e. The van der Waals surface area contributed by atoms with Gasteiger partial charge in [-0.05, 0) is 29.7 Å². The Morgan fingerprint density at radius 3 is 2.41 bits per heavy atom. The van der Waals surface area contributed by atoms with Gasteiger partial charge >= 0.3 is 0 Å². The zero-order valence-corrected chi connectivity index (χ0v) is 10.1. The zero-order chi connectivity index (χ0) is 12.3. The highest BCUT2D eigenvalue weighted by Crippen LogP contribution is 2.29. The molecule has 0 spiro atoms. The van der Waals surface area contributed by atoms with E-state index < -0.39 is 0 Å². The molecule has 0 radical (unpaired) electrons. The van der Waals surface area contributed by atoms with Crippen LogP contribution in [-0.4, -0.2) is 11.7 Å². The number of halogens is 1. The van der Waals surface area contributed by atoms with Gasteiger partial charge in [-0.1, -0.05) is 41.9 Å². The van der Waals surface area contributed by atoms with Crippen LogP contribution >= 0.6 is 11.6 Å². The van der Waals surface area contributed by atoms with Crippen LogP contribution in [0.2, 0.25) is 5.02 Å². The van der Waals surface area contributed by atoms with Crippen molar-refractivity contribution in [3.8, 4) is 11.1 Å². The van der Waals surface area contributed by atoms with E-state index in [1.54, 1.807) is 0 Å². The predicted molar refractivity (Wildman–Crippen MR) is 72.1 cm³/mol. The second kappa shape index (κ2) is 5.21. The van der Waals surface area contributed by atoms with Crippen molar-refractivity contribution in [3.05, 3.63) is 53.1 Å². The van der Waals surface area contributed by atoms with Crippen LogP contribution in [0.3, 0.4) is 0 Å². The number of hydrogen-bond donors (Lipinski definition) is 2. The molecule has 0 bridgehead atoms. The first kappa shape index (κ1) is 12.0. The molecule has 2 aromatic rings. The van der Waals surface area contributed by atoms with Gasteiger partial charge in [-0.15, -0.1) is 0 Å². The van der Waals surface area contributed by atoms with Crippen LogP contribution in [0.5, 0.6) is 0 Å². The lowest BCUT2D eigenvalue weighted by molar-refractivity contribution is 0.300. The molecule has 2 rings (SSSR count). The maximum atomic E-state index is 8.97. The van der Waals surface area contributed by atoms with Crippen molar-refractivity contribution in [2.24, 2.45) is 0 Å². The summed E-state index contributed by atoms with van der Waals surface area (Å²) in [6, 6.07) is 13.4. The van der Waals surface area contributed by atoms with Crippen molar-refractivity contribution in [3.63, 3.8) is 0 Å². The van der Waals surface area contributed by atoms with Crippen molar-refractivity contribution < 1.29 is 5.11 Å². The van der Waals surface area contributed by atoms with E-state index >= 15 is 0 Å². The molecule has 0 aromatic heterocycles. The van der Waals surface area contributed by atoms with Crippen LogP contribution in [0.25, 0.3) is 11.1 Å². The Hall–Kier alpha value is -1.51. The number of benzene rings is 2. The molecule has 0 saturated carbocycles. The highest BCUT2D eigenvalue weighted by Gasteiger charge is 2.06. The Morgan fingerprint density at radius 2 is 1.76 bits per heavy atom. The SMILES string of the molecule is Nc1c(CCO)cccc1-c1ccc(Cl)cc1. The number of aliphatic hydroxyl groups excluding tert-OH is 1. The summed E-state index contributed by atoms with van der Waals surface area (Å²) in [7, 11) is 0. The smallest absolute Gasteiger partial charge is 0.0472 e. The van der Waals surface area contributed by atoms with Crippen LogP contribution in [0, 0.1) is 0 Å². The Kier molecular flexibility index (Phi) is 3.67. The Balaban J connectivity index is 2.45. The molecule has 0 aliphatic carbocycles. The first-order valence-electron chi connectivity index (χ1n) is 5.46. The van der Waals surface area contributed by atoms with Crippen LogP contribution < -0.4 is 5.73 Å². The van der Waals surface area contributed by atoms with Crippen molar-refractivity contribution in [2.45, 2.75) is 6.42 Å². The quantitative estimate of drug-likeness (QED) is 0.819. The Labute approximate surface area is 106 Å². The van der Waals surface area contributed by atoms with Gasteiger partial charge in [0.1, 0.15) is 0 Å². The molecule has 0 aliphatic heterocycles. The molecule has 0 saturated heterocycles. The third-order valence-corrected chi connectivity index (χ3v) is 2.98. The van der Waals surface area contributed by atoms with Gasteiger partial charge in [-0.2, -0.15) is 0 Å².